The molecule has 0 aliphatic carbocycles. The molecule has 1 aliphatic heterocycles. The first-order chi connectivity index (χ1) is 4.79. The topological polar surface area (TPSA) is 32.7 Å². The third-order valence-electron chi connectivity index (χ3n) is 1.46. The Morgan fingerprint density at radius 1 is 1.50 bits per heavy atom. The molecule has 3 nitrogen and oxygen atoms in total. The van der Waals surface area contributed by atoms with E-state index in [-0.39, 0.29) is 5.05 Å². The van der Waals surface area contributed by atoms with Crippen molar-refractivity contribution >= 4 is 17.3 Å². The van der Waals surface area contributed by atoms with E-state index < -0.39 is 0 Å². The molecule has 0 atom stereocenters. The second-order valence-electron chi connectivity index (χ2n) is 2.28. The van der Waals surface area contributed by atoms with E-state index in [1.54, 1.807) is 0 Å². The van der Waals surface area contributed by atoms with Crippen molar-refractivity contribution in [2.24, 2.45) is 0 Å². The van der Waals surface area contributed by atoms with Crippen LogP contribution in [0.25, 0.3) is 0 Å². The van der Waals surface area contributed by atoms with Crippen LogP contribution in [0.5, 0.6) is 0 Å². The summed E-state index contributed by atoms with van der Waals surface area (Å²) in [6.45, 7) is 3.77. The predicted octanol–water partition coefficient (Wildman–Crippen LogP) is 0.204. The second kappa shape index (κ2) is 3.85. The summed E-state index contributed by atoms with van der Waals surface area (Å²) in [5.41, 5.74) is 0. The SMILES string of the molecule is OC(=S)CN1CCOCC1. The molecule has 1 rings (SSSR count). The third-order valence-corrected chi connectivity index (χ3v) is 1.59. The normalized spacial score (nSPS) is 20.8. The third kappa shape index (κ3) is 2.60. The molecule has 0 radical (unpaired) electrons. The lowest BCUT2D eigenvalue weighted by molar-refractivity contribution is 0.0441. The van der Waals surface area contributed by atoms with Gasteiger partial charge >= 0.3 is 0 Å². The number of morpholine rings is 1. The molecule has 0 spiro atoms. The molecule has 1 heterocycles. The smallest absolute Gasteiger partial charge is 0.170 e. The lowest BCUT2D eigenvalue weighted by Crippen LogP contribution is -2.39. The van der Waals surface area contributed by atoms with Crippen molar-refractivity contribution in [1.29, 1.82) is 0 Å². The molecular formula is C6H11NO2S. The maximum absolute atomic E-state index is 8.75. The highest BCUT2D eigenvalue weighted by molar-refractivity contribution is 7.80. The van der Waals surface area contributed by atoms with E-state index in [0.717, 1.165) is 26.3 Å². The molecule has 1 saturated heterocycles. The Morgan fingerprint density at radius 3 is 2.60 bits per heavy atom. The van der Waals surface area contributed by atoms with E-state index in [9.17, 15) is 0 Å². The van der Waals surface area contributed by atoms with Gasteiger partial charge in [0.2, 0.25) is 0 Å². The molecule has 10 heavy (non-hydrogen) atoms. The summed E-state index contributed by atoms with van der Waals surface area (Å²) in [7, 11) is 0. The molecule has 1 N–H and O–H groups in total. The van der Waals surface area contributed by atoms with Crippen LogP contribution >= 0.6 is 12.2 Å². The number of nitrogens with zero attached hydrogens (tertiary/aromatic N) is 1. The summed E-state index contributed by atoms with van der Waals surface area (Å²) < 4.78 is 5.11. The first-order valence-electron chi connectivity index (χ1n) is 3.31. The second-order valence-corrected chi connectivity index (χ2v) is 2.75. The largest absolute Gasteiger partial charge is 0.501 e. The van der Waals surface area contributed by atoms with Crippen molar-refractivity contribution in [3.63, 3.8) is 0 Å². The fourth-order valence-corrected chi connectivity index (χ4v) is 1.13. The molecule has 0 unspecified atom stereocenters. The average Bonchev–Trinajstić information content (AvgIpc) is 1.88. The van der Waals surface area contributed by atoms with Gasteiger partial charge in [-0.1, -0.05) is 0 Å². The number of hydrogen-bond donors (Lipinski definition) is 1. The van der Waals surface area contributed by atoms with E-state index >= 15 is 0 Å². The number of aliphatic hydroxyl groups is 1. The molecular weight excluding hydrogens is 150 g/mol. The first-order valence-corrected chi connectivity index (χ1v) is 3.72. The number of hydrogen-bond acceptors (Lipinski definition) is 3. The highest BCUT2D eigenvalue weighted by Gasteiger charge is 2.10. The molecule has 0 saturated carbocycles. The van der Waals surface area contributed by atoms with Crippen LogP contribution in [0.2, 0.25) is 0 Å². The van der Waals surface area contributed by atoms with Crippen molar-refractivity contribution in [3.8, 4) is 0 Å². The highest BCUT2D eigenvalue weighted by Crippen LogP contribution is 1.95. The van der Waals surface area contributed by atoms with Gasteiger partial charge in [0.05, 0.1) is 19.8 Å². The lowest BCUT2D eigenvalue weighted by atomic mass is 10.4. The zero-order valence-electron chi connectivity index (χ0n) is 5.75. The van der Waals surface area contributed by atoms with Gasteiger partial charge in [0.25, 0.3) is 0 Å². The van der Waals surface area contributed by atoms with E-state index in [0.29, 0.717) is 6.54 Å². The van der Waals surface area contributed by atoms with E-state index in [2.05, 4.69) is 17.1 Å². The van der Waals surface area contributed by atoms with Gasteiger partial charge in [0, 0.05) is 13.1 Å². The summed E-state index contributed by atoms with van der Waals surface area (Å²) in [5, 5.41) is 8.82. The van der Waals surface area contributed by atoms with Crippen LogP contribution in [-0.4, -0.2) is 47.9 Å². The number of ether oxygens (including phenoxy) is 1. The van der Waals surface area contributed by atoms with E-state index in [4.69, 9.17) is 9.84 Å². The Labute approximate surface area is 65.6 Å². The first kappa shape index (κ1) is 7.91. The van der Waals surface area contributed by atoms with Crippen molar-refractivity contribution < 1.29 is 9.84 Å². The quantitative estimate of drug-likeness (QED) is 0.587. The maximum Gasteiger partial charge on any atom is 0.170 e. The van der Waals surface area contributed by atoms with Crippen molar-refractivity contribution in [1.82, 2.24) is 4.90 Å². The Kier molecular flexibility index (Phi) is 3.05. The van der Waals surface area contributed by atoms with Gasteiger partial charge in [0.15, 0.2) is 5.05 Å². The molecule has 0 aromatic carbocycles. The van der Waals surface area contributed by atoms with Crippen molar-refractivity contribution in [2.45, 2.75) is 0 Å². The summed E-state index contributed by atoms with van der Waals surface area (Å²) >= 11 is 4.55. The highest BCUT2D eigenvalue weighted by atomic mass is 32.1. The van der Waals surface area contributed by atoms with Crippen LogP contribution in [0.4, 0.5) is 0 Å². The Morgan fingerprint density at radius 2 is 2.10 bits per heavy atom. The van der Waals surface area contributed by atoms with Crippen molar-refractivity contribution in [3.05, 3.63) is 0 Å². The lowest BCUT2D eigenvalue weighted by Gasteiger charge is -2.25. The minimum absolute atomic E-state index is 0.0712. The van der Waals surface area contributed by atoms with E-state index in [1.165, 1.54) is 0 Å². The minimum Gasteiger partial charge on any atom is -0.501 e. The van der Waals surface area contributed by atoms with Gasteiger partial charge in [-0.05, 0) is 12.2 Å². The standard InChI is InChI=1S/C6H11NO2S/c8-6(10)5-7-1-3-9-4-2-7/h1-5H2,(H,8,10). The molecule has 58 valence electrons. The summed E-state index contributed by atoms with van der Waals surface area (Å²) in [5.74, 6) is 0. The fraction of sp³-hybridized carbons (Fsp3) is 0.833. The van der Waals surface area contributed by atoms with Gasteiger partial charge in [-0.25, -0.2) is 0 Å². The molecule has 0 aromatic heterocycles. The summed E-state index contributed by atoms with van der Waals surface area (Å²) in [6.07, 6.45) is 0. The summed E-state index contributed by atoms with van der Waals surface area (Å²) in [4.78, 5) is 2.08. The minimum atomic E-state index is 0.0712. The summed E-state index contributed by atoms with van der Waals surface area (Å²) in [6, 6.07) is 0. The van der Waals surface area contributed by atoms with Crippen LogP contribution in [0, 0.1) is 0 Å². The number of aliphatic hydroxyl groups excluding tert-OH is 1. The van der Waals surface area contributed by atoms with E-state index in [1.807, 2.05) is 0 Å². The van der Waals surface area contributed by atoms with Gasteiger partial charge in [0.1, 0.15) is 0 Å². The number of thiocarbonyl (C=S) groups is 1. The van der Waals surface area contributed by atoms with Crippen LogP contribution in [0.3, 0.4) is 0 Å². The molecule has 0 bridgehead atoms. The fourth-order valence-electron chi connectivity index (χ4n) is 0.951. The average molecular weight is 161 g/mol. The van der Waals surface area contributed by atoms with Crippen LogP contribution in [0.1, 0.15) is 0 Å². The van der Waals surface area contributed by atoms with Crippen LogP contribution in [0.15, 0.2) is 0 Å². The Bertz CT molecular complexity index is 123. The van der Waals surface area contributed by atoms with Gasteiger partial charge < -0.3 is 9.84 Å². The molecule has 4 heteroatoms. The van der Waals surface area contributed by atoms with Crippen LogP contribution < -0.4 is 0 Å². The zero-order chi connectivity index (χ0) is 7.40. The zero-order valence-corrected chi connectivity index (χ0v) is 6.56. The van der Waals surface area contributed by atoms with Gasteiger partial charge in [-0.3, -0.25) is 4.90 Å². The monoisotopic (exact) mass is 161 g/mol. The maximum atomic E-state index is 8.75. The molecule has 0 aromatic rings. The van der Waals surface area contributed by atoms with Crippen molar-refractivity contribution in [2.75, 3.05) is 32.8 Å². The predicted molar refractivity (Wildman–Crippen MR) is 42.5 cm³/mol. The Hall–Kier alpha value is -0.190. The Balaban J connectivity index is 2.19. The van der Waals surface area contributed by atoms with Gasteiger partial charge in [-0.15, -0.1) is 0 Å². The van der Waals surface area contributed by atoms with Crippen LogP contribution in [-0.2, 0) is 4.74 Å². The van der Waals surface area contributed by atoms with Gasteiger partial charge in [-0.2, -0.15) is 0 Å². The molecule has 1 aliphatic rings. The molecule has 0 amide bonds. The molecule has 1 fully saturated rings. The number of rotatable bonds is 2.